The van der Waals surface area contributed by atoms with Crippen molar-refractivity contribution in [1.82, 2.24) is 0 Å². The summed E-state index contributed by atoms with van der Waals surface area (Å²) in [6, 6.07) is 15.4. The van der Waals surface area contributed by atoms with Crippen LogP contribution < -0.4 is 5.73 Å². The molecule has 2 atom stereocenters. The SMILES string of the molecule is Nc1ccc(-c2ccc(N=C3C[C@H](O)[C@@H](CO)O3)cc2)cc1. The van der Waals surface area contributed by atoms with E-state index in [0.29, 0.717) is 12.3 Å². The van der Waals surface area contributed by atoms with E-state index < -0.39 is 12.2 Å². The summed E-state index contributed by atoms with van der Waals surface area (Å²) < 4.78 is 5.39. The summed E-state index contributed by atoms with van der Waals surface area (Å²) in [4.78, 5) is 4.36. The van der Waals surface area contributed by atoms with E-state index in [2.05, 4.69) is 4.99 Å². The van der Waals surface area contributed by atoms with E-state index >= 15 is 0 Å². The minimum Gasteiger partial charge on any atom is -0.472 e. The van der Waals surface area contributed by atoms with E-state index in [1.54, 1.807) is 0 Å². The molecule has 0 radical (unpaired) electrons. The first-order chi connectivity index (χ1) is 10.7. The number of aliphatic hydroxyl groups is 2. The normalized spacial score (nSPS) is 22.7. The largest absolute Gasteiger partial charge is 0.472 e. The molecule has 1 heterocycles. The maximum atomic E-state index is 9.68. The molecule has 0 saturated carbocycles. The Balaban J connectivity index is 1.76. The summed E-state index contributed by atoms with van der Waals surface area (Å²) in [5.74, 6) is 0.451. The lowest BCUT2D eigenvalue weighted by molar-refractivity contribution is 0.0323. The fourth-order valence-electron chi connectivity index (χ4n) is 2.39. The Morgan fingerprint density at radius 2 is 1.64 bits per heavy atom. The molecule has 3 rings (SSSR count). The summed E-state index contributed by atoms with van der Waals surface area (Å²) in [5, 5.41) is 18.7. The third kappa shape index (κ3) is 3.10. The van der Waals surface area contributed by atoms with Gasteiger partial charge in [0, 0.05) is 5.69 Å². The molecule has 4 N–H and O–H groups in total. The van der Waals surface area contributed by atoms with Crippen molar-refractivity contribution in [3.05, 3.63) is 48.5 Å². The van der Waals surface area contributed by atoms with E-state index in [1.807, 2.05) is 48.5 Å². The number of anilines is 1. The predicted molar refractivity (Wildman–Crippen MR) is 86.0 cm³/mol. The van der Waals surface area contributed by atoms with Crippen LogP contribution in [0.3, 0.4) is 0 Å². The van der Waals surface area contributed by atoms with Crippen molar-refractivity contribution in [2.24, 2.45) is 4.99 Å². The molecular formula is C17H18N2O3. The van der Waals surface area contributed by atoms with Gasteiger partial charge in [0.2, 0.25) is 0 Å². The number of nitrogens with two attached hydrogens (primary N) is 1. The van der Waals surface area contributed by atoms with Crippen LogP contribution in [0.1, 0.15) is 6.42 Å². The summed E-state index contributed by atoms with van der Waals surface area (Å²) in [6.07, 6.45) is -0.948. The maximum absolute atomic E-state index is 9.68. The third-order valence-electron chi connectivity index (χ3n) is 3.65. The van der Waals surface area contributed by atoms with Gasteiger partial charge < -0.3 is 20.7 Å². The van der Waals surface area contributed by atoms with Crippen LogP contribution >= 0.6 is 0 Å². The molecule has 0 unspecified atom stereocenters. The molecule has 0 bridgehead atoms. The van der Waals surface area contributed by atoms with Crippen LogP contribution in [0.15, 0.2) is 53.5 Å². The number of nitrogen functional groups attached to an aromatic ring is 1. The molecular weight excluding hydrogens is 280 g/mol. The van der Waals surface area contributed by atoms with Crippen LogP contribution in [0.4, 0.5) is 11.4 Å². The van der Waals surface area contributed by atoms with Crippen LogP contribution in [-0.2, 0) is 4.74 Å². The second-order valence-electron chi connectivity index (χ2n) is 5.28. The third-order valence-corrected chi connectivity index (χ3v) is 3.65. The molecule has 0 aliphatic carbocycles. The summed E-state index contributed by atoms with van der Waals surface area (Å²) in [7, 11) is 0. The Morgan fingerprint density at radius 1 is 1.05 bits per heavy atom. The number of benzene rings is 2. The zero-order chi connectivity index (χ0) is 15.5. The molecule has 0 amide bonds. The van der Waals surface area contributed by atoms with Gasteiger partial charge in [-0.05, 0) is 35.4 Å². The van der Waals surface area contributed by atoms with Gasteiger partial charge in [-0.25, -0.2) is 4.99 Å². The van der Waals surface area contributed by atoms with Gasteiger partial charge in [0.15, 0.2) is 5.90 Å². The smallest absolute Gasteiger partial charge is 0.191 e. The van der Waals surface area contributed by atoms with Crippen molar-refractivity contribution in [2.45, 2.75) is 18.6 Å². The van der Waals surface area contributed by atoms with Crippen molar-refractivity contribution in [2.75, 3.05) is 12.3 Å². The number of hydrogen-bond acceptors (Lipinski definition) is 5. The van der Waals surface area contributed by atoms with E-state index in [-0.39, 0.29) is 6.61 Å². The second kappa shape index (κ2) is 6.17. The van der Waals surface area contributed by atoms with Gasteiger partial charge in [0.25, 0.3) is 0 Å². The standard InChI is InChI=1S/C17H18N2O3/c18-13-5-1-11(2-6-13)12-3-7-14(8-4-12)19-17-9-15(21)16(10-20)22-17/h1-8,15-16,20-21H,9-10,18H2/t15-,16+/m0/s1. The first-order valence-electron chi connectivity index (χ1n) is 7.15. The molecule has 5 nitrogen and oxygen atoms in total. The van der Waals surface area contributed by atoms with Gasteiger partial charge in [0.1, 0.15) is 12.2 Å². The number of aliphatic hydroxyl groups excluding tert-OH is 2. The van der Waals surface area contributed by atoms with Crippen molar-refractivity contribution in [3.8, 4) is 11.1 Å². The first kappa shape index (κ1) is 14.6. The minimum atomic E-state index is -0.696. The Bertz CT molecular complexity index is 665. The minimum absolute atomic E-state index is 0.212. The fourth-order valence-corrected chi connectivity index (χ4v) is 2.39. The highest BCUT2D eigenvalue weighted by atomic mass is 16.5. The van der Waals surface area contributed by atoms with Gasteiger partial charge in [-0.1, -0.05) is 24.3 Å². The second-order valence-corrected chi connectivity index (χ2v) is 5.28. The Morgan fingerprint density at radius 3 is 2.18 bits per heavy atom. The number of rotatable bonds is 3. The summed E-state index contributed by atoms with van der Waals surface area (Å²) in [6.45, 7) is -0.212. The molecule has 1 aliphatic rings. The zero-order valence-electron chi connectivity index (χ0n) is 12.0. The van der Waals surface area contributed by atoms with E-state index in [9.17, 15) is 5.11 Å². The maximum Gasteiger partial charge on any atom is 0.191 e. The lowest BCUT2D eigenvalue weighted by Gasteiger charge is -2.08. The molecule has 22 heavy (non-hydrogen) atoms. The molecule has 2 aromatic rings. The average Bonchev–Trinajstić information content (AvgIpc) is 2.88. The highest BCUT2D eigenvalue weighted by Crippen LogP contribution is 2.25. The van der Waals surface area contributed by atoms with Gasteiger partial charge in [-0.3, -0.25) is 0 Å². The summed E-state index contributed by atoms with van der Waals surface area (Å²) in [5.41, 5.74) is 9.33. The molecule has 0 spiro atoms. The van der Waals surface area contributed by atoms with Crippen LogP contribution in [0.2, 0.25) is 0 Å². The molecule has 1 aliphatic heterocycles. The van der Waals surface area contributed by atoms with Crippen molar-refractivity contribution in [1.29, 1.82) is 0 Å². The highest BCUT2D eigenvalue weighted by Gasteiger charge is 2.31. The fraction of sp³-hybridized carbons (Fsp3) is 0.235. The van der Waals surface area contributed by atoms with E-state index in [0.717, 1.165) is 22.5 Å². The van der Waals surface area contributed by atoms with Crippen LogP contribution in [0.5, 0.6) is 0 Å². The van der Waals surface area contributed by atoms with Crippen LogP contribution in [-0.4, -0.2) is 34.9 Å². The molecule has 1 saturated heterocycles. The Hall–Kier alpha value is -2.37. The monoisotopic (exact) mass is 298 g/mol. The highest BCUT2D eigenvalue weighted by molar-refractivity contribution is 5.82. The lowest BCUT2D eigenvalue weighted by Crippen LogP contribution is -2.24. The molecule has 114 valence electrons. The average molecular weight is 298 g/mol. The Labute approximate surface area is 128 Å². The first-order valence-corrected chi connectivity index (χ1v) is 7.15. The quantitative estimate of drug-likeness (QED) is 0.757. The number of hydrogen-bond donors (Lipinski definition) is 3. The predicted octanol–water partition coefficient (Wildman–Crippen LogP) is 2.11. The molecule has 0 aromatic heterocycles. The van der Waals surface area contributed by atoms with Crippen LogP contribution in [0, 0.1) is 0 Å². The molecule has 2 aromatic carbocycles. The van der Waals surface area contributed by atoms with Crippen molar-refractivity contribution >= 4 is 17.3 Å². The molecule has 5 heteroatoms. The van der Waals surface area contributed by atoms with Gasteiger partial charge in [-0.2, -0.15) is 0 Å². The topological polar surface area (TPSA) is 88.1 Å². The van der Waals surface area contributed by atoms with Crippen molar-refractivity contribution < 1.29 is 14.9 Å². The van der Waals surface area contributed by atoms with Gasteiger partial charge >= 0.3 is 0 Å². The lowest BCUT2D eigenvalue weighted by atomic mass is 10.1. The molecule has 1 fully saturated rings. The number of nitrogens with zero attached hydrogens (tertiary/aromatic N) is 1. The Kier molecular flexibility index (Phi) is 4.09. The van der Waals surface area contributed by atoms with Crippen molar-refractivity contribution in [3.63, 3.8) is 0 Å². The summed E-state index contributed by atoms with van der Waals surface area (Å²) >= 11 is 0. The van der Waals surface area contributed by atoms with Gasteiger partial charge in [-0.15, -0.1) is 0 Å². The van der Waals surface area contributed by atoms with E-state index in [1.165, 1.54) is 0 Å². The zero-order valence-corrected chi connectivity index (χ0v) is 12.0. The van der Waals surface area contributed by atoms with E-state index in [4.69, 9.17) is 15.6 Å². The van der Waals surface area contributed by atoms with Crippen LogP contribution in [0.25, 0.3) is 11.1 Å². The van der Waals surface area contributed by atoms with Gasteiger partial charge in [0.05, 0.1) is 18.7 Å². The number of ether oxygens (including phenoxy) is 1. The number of aliphatic imine (C=N–C) groups is 1.